The van der Waals surface area contributed by atoms with E-state index in [4.69, 9.17) is 9.47 Å². The molecular weight excluding hydrogens is 344 g/mol. The summed E-state index contributed by atoms with van der Waals surface area (Å²) in [6.45, 7) is 2.93. The number of hydrogen-bond acceptors (Lipinski definition) is 4. The van der Waals surface area contributed by atoms with Crippen LogP contribution in [0.15, 0.2) is 30.3 Å². The van der Waals surface area contributed by atoms with Gasteiger partial charge in [0.2, 0.25) is 11.8 Å². The second-order valence-electron chi connectivity index (χ2n) is 7.43. The molecule has 2 amide bonds. The zero-order chi connectivity index (χ0) is 19.3. The van der Waals surface area contributed by atoms with Crippen LogP contribution in [0.2, 0.25) is 0 Å². The topological polar surface area (TPSA) is 67.9 Å². The summed E-state index contributed by atoms with van der Waals surface area (Å²) in [5.41, 5.74) is -0.274. The molecule has 1 heterocycles. The zero-order valence-corrected chi connectivity index (χ0v) is 16.3. The zero-order valence-electron chi connectivity index (χ0n) is 16.3. The number of carbonyl (C=O) groups is 2. The van der Waals surface area contributed by atoms with Crippen LogP contribution in [0, 0.1) is 0 Å². The number of hydrogen-bond donors (Lipinski definition) is 1. The first kappa shape index (κ1) is 19.7. The number of methoxy groups -OCH3 is 1. The summed E-state index contributed by atoms with van der Waals surface area (Å²) in [6, 6.07) is 9.66. The van der Waals surface area contributed by atoms with Crippen LogP contribution in [0.5, 0.6) is 5.75 Å². The lowest BCUT2D eigenvalue weighted by Gasteiger charge is -2.43. The fourth-order valence-electron chi connectivity index (χ4n) is 4.37. The molecule has 148 valence electrons. The Labute approximate surface area is 161 Å². The van der Waals surface area contributed by atoms with Crippen LogP contribution in [0.25, 0.3) is 0 Å². The highest BCUT2D eigenvalue weighted by Crippen LogP contribution is 2.42. The van der Waals surface area contributed by atoms with E-state index in [0.717, 1.165) is 31.4 Å². The quantitative estimate of drug-likeness (QED) is 0.796. The van der Waals surface area contributed by atoms with Gasteiger partial charge < -0.3 is 19.7 Å². The summed E-state index contributed by atoms with van der Waals surface area (Å²) >= 11 is 0. The van der Waals surface area contributed by atoms with E-state index in [-0.39, 0.29) is 29.5 Å². The van der Waals surface area contributed by atoms with Gasteiger partial charge in [0.05, 0.1) is 24.7 Å². The van der Waals surface area contributed by atoms with E-state index >= 15 is 0 Å². The van der Waals surface area contributed by atoms with Gasteiger partial charge in [-0.1, -0.05) is 25.1 Å². The van der Waals surface area contributed by atoms with Crippen molar-refractivity contribution in [1.82, 2.24) is 10.2 Å². The van der Waals surface area contributed by atoms with Gasteiger partial charge in [-0.15, -0.1) is 0 Å². The maximum Gasteiger partial charge on any atom is 0.226 e. The van der Waals surface area contributed by atoms with Crippen molar-refractivity contribution in [1.29, 1.82) is 0 Å². The van der Waals surface area contributed by atoms with Crippen molar-refractivity contribution >= 4 is 11.8 Å². The second kappa shape index (κ2) is 8.74. The first-order valence-corrected chi connectivity index (χ1v) is 9.90. The molecule has 2 aliphatic rings. The van der Waals surface area contributed by atoms with E-state index in [1.165, 1.54) is 0 Å². The van der Waals surface area contributed by atoms with Crippen LogP contribution in [0.4, 0.5) is 0 Å². The van der Waals surface area contributed by atoms with E-state index in [1.54, 1.807) is 7.11 Å². The Morgan fingerprint density at radius 1 is 1.26 bits per heavy atom. The molecule has 3 atom stereocenters. The summed E-state index contributed by atoms with van der Waals surface area (Å²) < 4.78 is 11.6. The number of para-hydroxylation sites is 1. The molecule has 0 radical (unpaired) electrons. The van der Waals surface area contributed by atoms with Crippen molar-refractivity contribution in [3.05, 3.63) is 30.3 Å². The number of likely N-dealkylation sites (tertiary alicyclic amines) is 1. The molecule has 0 aromatic heterocycles. The van der Waals surface area contributed by atoms with Crippen molar-refractivity contribution in [3.63, 3.8) is 0 Å². The number of rotatable bonds is 7. The highest BCUT2D eigenvalue weighted by atomic mass is 16.5. The van der Waals surface area contributed by atoms with Crippen LogP contribution in [-0.2, 0) is 14.3 Å². The van der Waals surface area contributed by atoms with Crippen LogP contribution >= 0.6 is 0 Å². The molecule has 0 unspecified atom stereocenters. The lowest BCUT2D eigenvalue weighted by atomic mass is 9.78. The Morgan fingerprint density at radius 2 is 2.04 bits per heavy atom. The maximum absolute atomic E-state index is 12.8. The van der Waals surface area contributed by atoms with E-state index in [0.29, 0.717) is 26.0 Å². The van der Waals surface area contributed by atoms with Gasteiger partial charge in [0, 0.05) is 26.1 Å². The van der Waals surface area contributed by atoms with Crippen molar-refractivity contribution in [2.75, 3.05) is 20.3 Å². The molecule has 1 aliphatic carbocycles. The minimum absolute atomic E-state index is 0.0163. The van der Waals surface area contributed by atoms with E-state index in [9.17, 15) is 9.59 Å². The van der Waals surface area contributed by atoms with E-state index in [2.05, 4.69) is 5.32 Å². The monoisotopic (exact) mass is 374 g/mol. The van der Waals surface area contributed by atoms with Crippen LogP contribution in [0.1, 0.15) is 45.4 Å². The predicted molar refractivity (Wildman–Crippen MR) is 102 cm³/mol. The Balaban J connectivity index is 1.59. The smallest absolute Gasteiger partial charge is 0.226 e. The largest absolute Gasteiger partial charge is 0.493 e. The summed E-state index contributed by atoms with van der Waals surface area (Å²) in [5, 5.41) is 3.09. The molecule has 3 rings (SSSR count). The molecule has 0 spiro atoms. The molecule has 1 aliphatic heterocycles. The Kier molecular flexibility index (Phi) is 6.37. The number of carbonyl (C=O) groups excluding carboxylic acids is 2. The molecule has 1 saturated carbocycles. The van der Waals surface area contributed by atoms with Crippen LogP contribution in [0.3, 0.4) is 0 Å². The average Bonchev–Trinajstić information content (AvgIpc) is 3.08. The molecule has 1 N–H and O–H groups in total. The molecule has 1 aromatic carbocycles. The van der Waals surface area contributed by atoms with Crippen molar-refractivity contribution in [3.8, 4) is 5.75 Å². The van der Waals surface area contributed by atoms with Gasteiger partial charge >= 0.3 is 0 Å². The maximum atomic E-state index is 12.8. The van der Waals surface area contributed by atoms with Gasteiger partial charge in [0.1, 0.15) is 5.75 Å². The third kappa shape index (κ3) is 4.43. The Morgan fingerprint density at radius 3 is 2.74 bits per heavy atom. The number of nitrogens with zero attached hydrogens (tertiary/aromatic N) is 1. The molecule has 0 bridgehead atoms. The highest BCUT2D eigenvalue weighted by molar-refractivity contribution is 5.77. The molecule has 1 aromatic rings. The van der Waals surface area contributed by atoms with E-state index < -0.39 is 0 Å². The molecule has 1 saturated heterocycles. The van der Waals surface area contributed by atoms with Gasteiger partial charge in [-0.2, -0.15) is 0 Å². The van der Waals surface area contributed by atoms with Gasteiger partial charge in [-0.05, 0) is 37.8 Å². The van der Waals surface area contributed by atoms with Crippen molar-refractivity contribution in [2.45, 2.75) is 63.1 Å². The summed E-state index contributed by atoms with van der Waals surface area (Å²) in [5.74, 6) is 0.937. The normalized spacial score (nSPS) is 27.1. The molecule has 6 heteroatoms. The van der Waals surface area contributed by atoms with E-state index in [1.807, 2.05) is 42.2 Å². The predicted octanol–water partition coefficient (Wildman–Crippen LogP) is 2.52. The molecule has 2 fully saturated rings. The number of ether oxygens (including phenoxy) is 2. The number of amides is 2. The first-order valence-electron chi connectivity index (χ1n) is 9.90. The van der Waals surface area contributed by atoms with Crippen molar-refractivity contribution in [2.24, 2.45) is 0 Å². The van der Waals surface area contributed by atoms with Gasteiger partial charge in [0.25, 0.3) is 0 Å². The fourth-order valence-corrected chi connectivity index (χ4v) is 4.37. The summed E-state index contributed by atoms with van der Waals surface area (Å²) in [6.07, 6.45) is 4.20. The first-order chi connectivity index (χ1) is 13.1. The summed E-state index contributed by atoms with van der Waals surface area (Å²) in [4.78, 5) is 26.6. The SMILES string of the molecule is CCC(=O)N[C@@H]1CC[C@@]2(OC)CCN(C(=O)CCOc3ccccc3)[C@H]2C1. The van der Waals surface area contributed by atoms with Crippen molar-refractivity contribution < 1.29 is 19.1 Å². The molecule has 27 heavy (non-hydrogen) atoms. The van der Waals surface area contributed by atoms with Crippen LogP contribution < -0.4 is 10.1 Å². The molecule has 6 nitrogen and oxygen atoms in total. The second-order valence-corrected chi connectivity index (χ2v) is 7.43. The fraction of sp³-hybridized carbons (Fsp3) is 0.619. The average molecular weight is 374 g/mol. The summed E-state index contributed by atoms with van der Waals surface area (Å²) in [7, 11) is 1.74. The van der Waals surface area contributed by atoms with Gasteiger partial charge in [0.15, 0.2) is 0 Å². The molecular formula is C21H30N2O4. The highest BCUT2D eigenvalue weighted by Gasteiger charge is 2.52. The third-order valence-electron chi connectivity index (χ3n) is 5.92. The number of fused-ring (bicyclic) bond motifs is 1. The van der Waals surface area contributed by atoms with Gasteiger partial charge in [-0.3, -0.25) is 9.59 Å². The Bertz CT molecular complexity index is 651. The minimum Gasteiger partial charge on any atom is -0.493 e. The lowest BCUT2D eigenvalue weighted by Crippen LogP contribution is -2.55. The third-order valence-corrected chi connectivity index (χ3v) is 5.92. The number of benzene rings is 1. The van der Waals surface area contributed by atoms with Crippen LogP contribution in [-0.4, -0.2) is 54.7 Å². The lowest BCUT2D eigenvalue weighted by molar-refractivity contribution is -0.138. The minimum atomic E-state index is -0.274. The standard InChI is InChI=1S/C21H30N2O4/c1-3-19(24)22-16-9-11-21(26-2)12-13-23(18(21)15-16)20(25)10-14-27-17-7-5-4-6-8-17/h4-8,16,18H,3,9-15H2,1-2H3,(H,22,24)/t16-,18+,21-/m1/s1. The Hall–Kier alpha value is -2.08. The number of nitrogens with one attached hydrogen (secondary N) is 1. The van der Waals surface area contributed by atoms with Gasteiger partial charge in [-0.25, -0.2) is 0 Å².